The lowest BCUT2D eigenvalue weighted by atomic mass is 10.1. The molecule has 27 heavy (non-hydrogen) atoms. The largest absolute Gasteiger partial charge is 0.338 e. The van der Waals surface area contributed by atoms with Crippen LogP contribution in [0.5, 0.6) is 0 Å². The summed E-state index contributed by atoms with van der Waals surface area (Å²) in [6.45, 7) is 6.17. The van der Waals surface area contributed by atoms with E-state index in [4.69, 9.17) is 0 Å². The van der Waals surface area contributed by atoms with Crippen LogP contribution in [0.2, 0.25) is 0 Å². The fraction of sp³-hybridized carbons (Fsp3) is 0.143. The summed E-state index contributed by atoms with van der Waals surface area (Å²) in [4.78, 5) is 17.9. The van der Waals surface area contributed by atoms with Crippen LogP contribution in [0.3, 0.4) is 0 Å². The molecule has 4 rings (SSSR count). The molecule has 0 saturated heterocycles. The van der Waals surface area contributed by atoms with Crippen molar-refractivity contribution in [3.63, 3.8) is 0 Å². The van der Waals surface area contributed by atoms with E-state index in [2.05, 4.69) is 69.5 Å². The van der Waals surface area contributed by atoms with Gasteiger partial charge in [0, 0.05) is 23.8 Å². The summed E-state index contributed by atoms with van der Waals surface area (Å²) in [5.74, 6) is 1.09. The molecule has 0 bridgehead atoms. The molecule has 0 atom stereocenters. The van der Waals surface area contributed by atoms with Crippen molar-refractivity contribution in [3.8, 4) is 0 Å². The predicted molar refractivity (Wildman–Crippen MR) is 109 cm³/mol. The Hall–Kier alpha value is -3.54. The van der Waals surface area contributed by atoms with E-state index in [1.165, 1.54) is 11.1 Å². The van der Waals surface area contributed by atoms with Crippen LogP contribution in [0.25, 0.3) is 11.2 Å². The van der Waals surface area contributed by atoms with E-state index in [-0.39, 0.29) is 0 Å². The SMILES string of the molecule is Cc1ccc(Nc2nc(Nc3cc(C)ccc3C)c3nccnc3n2)cc1. The molecule has 2 aromatic heterocycles. The van der Waals surface area contributed by atoms with Gasteiger partial charge in [0.05, 0.1) is 0 Å². The van der Waals surface area contributed by atoms with Gasteiger partial charge in [-0.05, 0) is 50.1 Å². The second kappa shape index (κ2) is 6.99. The Bertz CT molecular complexity index is 1110. The molecule has 134 valence electrons. The molecule has 0 radical (unpaired) electrons. The molecule has 0 aliphatic heterocycles. The van der Waals surface area contributed by atoms with Gasteiger partial charge in [0.25, 0.3) is 0 Å². The summed E-state index contributed by atoms with van der Waals surface area (Å²) in [7, 11) is 0. The zero-order valence-corrected chi connectivity index (χ0v) is 15.5. The van der Waals surface area contributed by atoms with Crippen molar-refractivity contribution in [1.82, 2.24) is 19.9 Å². The number of anilines is 4. The minimum Gasteiger partial charge on any atom is -0.338 e. The summed E-state index contributed by atoms with van der Waals surface area (Å²) >= 11 is 0. The Morgan fingerprint density at radius 1 is 0.741 bits per heavy atom. The highest BCUT2D eigenvalue weighted by Gasteiger charge is 2.11. The van der Waals surface area contributed by atoms with Crippen LogP contribution in [0.4, 0.5) is 23.1 Å². The zero-order valence-electron chi connectivity index (χ0n) is 15.5. The first-order chi connectivity index (χ1) is 13.1. The normalized spacial score (nSPS) is 10.8. The van der Waals surface area contributed by atoms with E-state index in [0.717, 1.165) is 16.9 Å². The molecule has 2 heterocycles. The molecular weight excluding hydrogens is 336 g/mol. The number of nitrogens with zero attached hydrogens (tertiary/aromatic N) is 4. The van der Waals surface area contributed by atoms with Gasteiger partial charge in [0.2, 0.25) is 5.95 Å². The summed E-state index contributed by atoms with van der Waals surface area (Å²) in [6.07, 6.45) is 3.28. The van der Waals surface area contributed by atoms with Crippen LogP contribution in [-0.4, -0.2) is 19.9 Å². The first-order valence-corrected chi connectivity index (χ1v) is 8.75. The van der Waals surface area contributed by atoms with Gasteiger partial charge in [-0.15, -0.1) is 0 Å². The number of fused-ring (bicyclic) bond motifs is 1. The van der Waals surface area contributed by atoms with E-state index in [9.17, 15) is 0 Å². The Labute approximate surface area is 157 Å². The highest BCUT2D eigenvalue weighted by molar-refractivity contribution is 5.86. The molecule has 2 aromatic carbocycles. The Morgan fingerprint density at radius 3 is 2.30 bits per heavy atom. The average Bonchev–Trinajstić information content (AvgIpc) is 2.66. The predicted octanol–water partition coefficient (Wildman–Crippen LogP) is 4.83. The highest BCUT2D eigenvalue weighted by Crippen LogP contribution is 2.26. The minimum atomic E-state index is 0.472. The topological polar surface area (TPSA) is 75.6 Å². The van der Waals surface area contributed by atoms with Gasteiger partial charge in [-0.1, -0.05) is 29.8 Å². The van der Waals surface area contributed by atoms with Gasteiger partial charge < -0.3 is 10.6 Å². The van der Waals surface area contributed by atoms with Crippen LogP contribution in [0.1, 0.15) is 16.7 Å². The van der Waals surface area contributed by atoms with E-state index in [1.54, 1.807) is 12.4 Å². The van der Waals surface area contributed by atoms with Crippen molar-refractivity contribution < 1.29 is 0 Å². The minimum absolute atomic E-state index is 0.472. The van der Waals surface area contributed by atoms with Gasteiger partial charge in [0.1, 0.15) is 0 Å². The van der Waals surface area contributed by atoms with Crippen molar-refractivity contribution in [1.29, 1.82) is 0 Å². The number of benzene rings is 2. The lowest BCUT2D eigenvalue weighted by molar-refractivity contribution is 1.14. The molecule has 4 aromatic rings. The molecule has 0 amide bonds. The van der Waals surface area contributed by atoms with Crippen molar-refractivity contribution >= 4 is 34.3 Å². The molecule has 0 aliphatic carbocycles. The fourth-order valence-electron chi connectivity index (χ4n) is 2.77. The first kappa shape index (κ1) is 16.9. The number of aryl methyl sites for hydroxylation is 3. The second-order valence-corrected chi connectivity index (χ2v) is 6.56. The zero-order chi connectivity index (χ0) is 18.8. The molecule has 6 nitrogen and oxygen atoms in total. The Balaban J connectivity index is 1.76. The molecule has 0 spiro atoms. The van der Waals surface area contributed by atoms with Crippen LogP contribution >= 0.6 is 0 Å². The van der Waals surface area contributed by atoms with Gasteiger partial charge >= 0.3 is 0 Å². The Morgan fingerprint density at radius 2 is 1.48 bits per heavy atom. The van der Waals surface area contributed by atoms with Crippen molar-refractivity contribution in [3.05, 3.63) is 71.5 Å². The third-order valence-electron chi connectivity index (χ3n) is 4.29. The Kier molecular flexibility index (Phi) is 4.38. The maximum atomic E-state index is 4.65. The van der Waals surface area contributed by atoms with Crippen molar-refractivity contribution in [2.45, 2.75) is 20.8 Å². The maximum absolute atomic E-state index is 4.65. The highest BCUT2D eigenvalue weighted by atomic mass is 15.2. The number of nitrogens with one attached hydrogen (secondary N) is 2. The third kappa shape index (κ3) is 3.69. The van der Waals surface area contributed by atoms with Crippen molar-refractivity contribution in [2.24, 2.45) is 0 Å². The number of hydrogen-bond acceptors (Lipinski definition) is 6. The smallest absolute Gasteiger partial charge is 0.231 e. The van der Waals surface area contributed by atoms with Crippen LogP contribution in [-0.2, 0) is 0 Å². The molecule has 2 N–H and O–H groups in total. The first-order valence-electron chi connectivity index (χ1n) is 8.75. The summed E-state index contributed by atoms with van der Waals surface area (Å²) < 4.78 is 0. The quantitative estimate of drug-likeness (QED) is 0.545. The number of rotatable bonds is 4. The van der Waals surface area contributed by atoms with E-state index in [1.807, 2.05) is 24.3 Å². The van der Waals surface area contributed by atoms with E-state index < -0.39 is 0 Å². The van der Waals surface area contributed by atoms with Crippen LogP contribution in [0, 0.1) is 20.8 Å². The summed E-state index contributed by atoms with van der Waals surface area (Å²) in [6, 6.07) is 14.3. The van der Waals surface area contributed by atoms with Gasteiger partial charge in [0.15, 0.2) is 17.0 Å². The fourth-order valence-corrected chi connectivity index (χ4v) is 2.77. The monoisotopic (exact) mass is 356 g/mol. The van der Waals surface area contributed by atoms with Crippen LogP contribution < -0.4 is 10.6 Å². The molecule has 0 fully saturated rings. The third-order valence-corrected chi connectivity index (χ3v) is 4.29. The summed E-state index contributed by atoms with van der Waals surface area (Å²) in [5.41, 5.74) is 6.57. The van der Waals surface area contributed by atoms with Gasteiger partial charge in [-0.3, -0.25) is 0 Å². The van der Waals surface area contributed by atoms with Gasteiger partial charge in [-0.25, -0.2) is 9.97 Å². The molecule has 0 unspecified atom stereocenters. The molecule has 0 aliphatic rings. The second-order valence-electron chi connectivity index (χ2n) is 6.56. The van der Waals surface area contributed by atoms with E-state index >= 15 is 0 Å². The van der Waals surface area contributed by atoms with Crippen LogP contribution in [0.15, 0.2) is 54.9 Å². The lowest BCUT2D eigenvalue weighted by Gasteiger charge is -2.13. The lowest BCUT2D eigenvalue weighted by Crippen LogP contribution is -2.05. The maximum Gasteiger partial charge on any atom is 0.231 e. The standard InChI is InChI=1S/C21H20N6/c1-13-5-8-16(9-6-13)24-21-26-19-18(22-10-11-23-19)20(27-21)25-17-12-14(2)4-7-15(17)3/h4-12H,1-3H3,(H2,23,24,25,26,27). The molecule has 0 saturated carbocycles. The van der Waals surface area contributed by atoms with Gasteiger partial charge in [-0.2, -0.15) is 9.97 Å². The molecule has 6 heteroatoms. The van der Waals surface area contributed by atoms with Crippen molar-refractivity contribution in [2.75, 3.05) is 10.6 Å². The summed E-state index contributed by atoms with van der Waals surface area (Å²) in [5, 5.41) is 6.64. The average molecular weight is 356 g/mol. The molecular formula is C21H20N6. The van der Waals surface area contributed by atoms with E-state index in [0.29, 0.717) is 22.9 Å². The number of aromatic nitrogens is 4. The number of hydrogen-bond donors (Lipinski definition) is 2.